The predicted molar refractivity (Wildman–Crippen MR) is 74.0 cm³/mol. The second kappa shape index (κ2) is 6.38. The van der Waals surface area contributed by atoms with Gasteiger partial charge < -0.3 is 5.73 Å². The van der Waals surface area contributed by atoms with E-state index in [9.17, 15) is 10.1 Å². The molecular weight excluding hydrogens is 238 g/mol. The molecular formula is C15H25N3O. The van der Waals surface area contributed by atoms with E-state index in [4.69, 9.17) is 5.73 Å². The van der Waals surface area contributed by atoms with Gasteiger partial charge in [0.15, 0.2) is 0 Å². The van der Waals surface area contributed by atoms with Gasteiger partial charge >= 0.3 is 0 Å². The van der Waals surface area contributed by atoms with E-state index in [1.54, 1.807) is 0 Å². The van der Waals surface area contributed by atoms with Gasteiger partial charge in [0.25, 0.3) is 0 Å². The maximum atomic E-state index is 11.0. The second-order valence-electron chi connectivity index (χ2n) is 6.37. The van der Waals surface area contributed by atoms with Crippen molar-refractivity contribution in [2.24, 2.45) is 23.5 Å². The van der Waals surface area contributed by atoms with Crippen molar-refractivity contribution in [3.8, 4) is 6.07 Å². The Kier molecular flexibility index (Phi) is 4.81. The van der Waals surface area contributed by atoms with Crippen LogP contribution in [0.3, 0.4) is 0 Å². The molecule has 1 saturated carbocycles. The van der Waals surface area contributed by atoms with Gasteiger partial charge in [0.05, 0.1) is 12.0 Å². The summed E-state index contributed by atoms with van der Waals surface area (Å²) in [7, 11) is 0. The number of primary amides is 1. The van der Waals surface area contributed by atoms with E-state index in [-0.39, 0.29) is 11.8 Å². The largest absolute Gasteiger partial charge is 0.370 e. The molecule has 0 aromatic rings. The lowest BCUT2D eigenvalue weighted by molar-refractivity contribution is -0.119. The van der Waals surface area contributed by atoms with Gasteiger partial charge in [-0.25, -0.2) is 0 Å². The van der Waals surface area contributed by atoms with Crippen LogP contribution in [0.2, 0.25) is 0 Å². The lowest BCUT2D eigenvalue weighted by atomic mass is 9.78. The number of carbonyl (C=O) groups excluding carboxylic acids is 1. The molecule has 0 aromatic heterocycles. The Labute approximate surface area is 115 Å². The fraction of sp³-hybridized carbons (Fsp3) is 0.867. The summed E-state index contributed by atoms with van der Waals surface area (Å²) in [4.78, 5) is 13.4. The van der Waals surface area contributed by atoms with Crippen LogP contribution in [0.25, 0.3) is 0 Å². The zero-order chi connectivity index (χ0) is 13.8. The van der Waals surface area contributed by atoms with Crippen molar-refractivity contribution in [1.82, 2.24) is 4.90 Å². The number of amides is 1. The Morgan fingerprint density at radius 3 is 2.58 bits per heavy atom. The average Bonchev–Trinajstić information content (AvgIpc) is 2.39. The summed E-state index contributed by atoms with van der Waals surface area (Å²) in [6, 6.07) is 2.93. The van der Waals surface area contributed by atoms with E-state index in [0.717, 1.165) is 44.7 Å². The molecule has 106 valence electrons. The Bertz CT molecular complexity index is 355. The molecule has 4 nitrogen and oxygen atoms in total. The van der Waals surface area contributed by atoms with Gasteiger partial charge in [-0.1, -0.05) is 6.92 Å². The van der Waals surface area contributed by atoms with Gasteiger partial charge in [-0.15, -0.1) is 0 Å². The lowest BCUT2D eigenvalue weighted by Gasteiger charge is -2.42. The molecule has 1 amide bonds. The van der Waals surface area contributed by atoms with Crippen LogP contribution in [-0.4, -0.2) is 29.9 Å². The van der Waals surface area contributed by atoms with Crippen LogP contribution in [0.1, 0.15) is 45.4 Å². The van der Waals surface area contributed by atoms with Crippen molar-refractivity contribution in [2.45, 2.75) is 51.5 Å². The maximum Gasteiger partial charge on any atom is 0.217 e. The molecule has 2 N–H and O–H groups in total. The van der Waals surface area contributed by atoms with Crippen LogP contribution in [0, 0.1) is 29.1 Å². The highest BCUT2D eigenvalue weighted by Gasteiger charge is 2.34. The molecule has 3 atom stereocenters. The number of nitriles is 1. The first-order chi connectivity index (χ1) is 9.10. The van der Waals surface area contributed by atoms with E-state index in [0.29, 0.717) is 18.4 Å². The van der Waals surface area contributed by atoms with Crippen LogP contribution < -0.4 is 5.73 Å². The molecule has 2 fully saturated rings. The summed E-state index contributed by atoms with van der Waals surface area (Å²) >= 11 is 0. The maximum absolute atomic E-state index is 11.0. The van der Waals surface area contributed by atoms with Gasteiger partial charge in [0.1, 0.15) is 0 Å². The third kappa shape index (κ3) is 3.70. The Morgan fingerprint density at radius 2 is 2.00 bits per heavy atom. The highest BCUT2D eigenvalue weighted by Crippen LogP contribution is 2.34. The smallest absolute Gasteiger partial charge is 0.217 e. The first kappa shape index (κ1) is 14.3. The second-order valence-corrected chi connectivity index (χ2v) is 6.37. The summed E-state index contributed by atoms with van der Waals surface area (Å²) in [6.45, 7) is 4.33. The lowest BCUT2D eigenvalue weighted by Crippen LogP contribution is -2.47. The fourth-order valence-electron chi connectivity index (χ4n) is 3.68. The van der Waals surface area contributed by atoms with E-state index in [2.05, 4.69) is 17.9 Å². The van der Waals surface area contributed by atoms with E-state index >= 15 is 0 Å². The summed E-state index contributed by atoms with van der Waals surface area (Å²) < 4.78 is 0. The molecule has 3 unspecified atom stereocenters. The molecule has 1 aliphatic heterocycles. The van der Waals surface area contributed by atoms with E-state index in [1.807, 2.05) is 0 Å². The molecule has 0 bridgehead atoms. The van der Waals surface area contributed by atoms with Crippen LogP contribution >= 0.6 is 0 Å². The summed E-state index contributed by atoms with van der Waals surface area (Å²) in [5, 5.41) is 9.31. The van der Waals surface area contributed by atoms with Crippen molar-refractivity contribution in [3.63, 3.8) is 0 Å². The van der Waals surface area contributed by atoms with E-state index in [1.165, 1.54) is 6.42 Å². The summed E-state index contributed by atoms with van der Waals surface area (Å²) in [6.07, 6.45) is 6.00. The minimum absolute atomic E-state index is 0.181. The molecule has 4 heteroatoms. The van der Waals surface area contributed by atoms with Crippen molar-refractivity contribution < 1.29 is 4.79 Å². The van der Waals surface area contributed by atoms with Crippen molar-refractivity contribution >= 4 is 5.91 Å². The van der Waals surface area contributed by atoms with Crippen molar-refractivity contribution in [3.05, 3.63) is 0 Å². The first-order valence-corrected chi connectivity index (χ1v) is 7.52. The molecule has 1 saturated heterocycles. The third-order valence-corrected chi connectivity index (χ3v) is 4.85. The normalized spacial score (nSPS) is 33.8. The zero-order valence-electron chi connectivity index (χ0n) is 11.8. The van der Waals surface area contributed by atoms with E-state index < -0.39 is 0 Å². The fourth-order valence-corrected chi connectivity index (χ4v) is 3.68. The number of piperidine rings is 1. The summed E-state index contributed by atoms with van der Waals surface area (Å²) in [5.41, 5.74) is 5.27. The Morgan fingerprint density at radius 1 is 1.32 bits per heavy atom. The molecule has 2 rings (SSSR count). The molecule has 0 aromatic carbocycles. The molecule has 0 spiro atoms. The number of nitrogens with two attached hydrogens (primary N) is 1. The minimum atomic E-state index is -0.181. The van der Waals surface area contributed by atoms with Gasteiger partial charge in [0.2, 0.25) is 5.91 Å². The zero-order valence-corrected chi connectivity index (χ0v) is 11.8. The molecule has 0 radical (unpaired) electrons. The van der Waals surface area contributed by atoms with Gasteiger partial charge in [-0.3, -0.25) is 9.69 Å². The standard InChI is InChI=1S/C15H25N3O/c1-11-2-3-13(10-16)14(8-11)18-6-4-12(5-7-18)9-15(17)19/h11-14H,2-9H2,1H3,(H2,17,19). The number of likely N-dealkylation sites (tertiary alicyclic amines) is 1. The Balaban J connectivity index is 1.89. The van der Waals surface area contributed by atoms with Crippen LogP contribution in [0.5, 0.6) is 0 Å². The minimum Gasteiger partial charge on any atom is -0.370 e. The third-order valence-electron chi connectivity index (χ3n) is 4.85. The van der Waals surface area contributed by atoms with Crippen molar-refractivity contribution in [1.29, 1.82) is 5.26 Å². The number of nitrogens with zero attached hydrogens (tertiary/aromatic N) is 2. The predicted octanol–water partition coefficient (Wildman–Crippen LogP) is 1.90. The number of carbonyl (C=O) groups is 1. The topological polar surface area (TPSA) is 70.1 Å². The van der Waals surface area contributed by atoms with Gasteiger partial charge in [-0.2, -0.15) is 5.26 Å². The highest BCUT2D eigenvalue weighted by molar-refractivity contribution is 5.73. The van der Waals surface area contributed by atoms with Gasteiger partial charge in [-0.05, 0) is 57.0 Å². The first-order valence-electron chi connectivity index (χ1n) is 7.52. The number of rotatable bonds is 3. The molecule has 2 aliphatic rings. The number of hydrogen-bond acceptors (Lipinski definition) is 3. The Hall–Kier alpha value is -1.08. The summed E-state index contributed by atoms with van der Waals surface area (Å²) in [5.74, 6) is 1.21. The van der Waals surface area contributed by atoms with Crippen LogP contribution in [0.4, 0.5) is 0 Å². The molecule has 1 aliphatic carbocycles. The number of hydrogen-bond donors (Lipinski definition) is 1. The molecule has 1 heterocycles. The highest BCUT2D eigenvalue weighted by atomic mass is 16.1. The average molecular weight is 263 g/mol. The SMILES string of the molecule is CC1CCC(C#N)C(N2CCC(CC(N)=O)CC2)C1. The van der Waals surface area contributed by atoms with Crippen LogP contribution in [-0.2, 0) is 4.79 Å². The van der Waals surface area contributed by atoms with Crippen molar-refractivity contribution in [2.75, 3.05) is 13.1 Å². The monoisotopic (exact) mass is 263 g/mol. The molecule has 19 heavy (non-hydrogen) atoms. The van der Waals surface area contributed by atoms with Gasteiger partial charge in [0, 0.05) is 12.5 Å². The quantitative estimate of drug-likeness (QED) is 0.845. The van der Waals surface area contributed by atoms with Crippen LogP contribution in [0.15, 0.2) is 0 Å².